The average Bonchev–Trinajstić information content (AvgIpc) is 3.80. The Kier molecular flexibility index (Phi) is 24.1. The number of nitrogens with two attached hydrogens (primary N) is 1. The Balaban J connectivity index is 1.31. The molecule has 0 bridgehead atoms. The topological polar surface area (TPSA) is 415 Å². The number of carboxylic acids is 1. The molecule has 380 valence electrons. The highest BCUT2D eigenvalue weighted by molar-refractivity contribution is 8.14. The lowest BCUT2D eigenvalue weighted by Gasteiger charge is -2.36. The van der Waals surface area contributed by atoms with Gasteiger partial charge in [-0.1, -0.05) is 83.1 Å². The van der Waals surface area contributed by atoms with Crippen molar-refractivity contribution >= 4 is 75.1 Å². The second-order valence-corrected chi connectivity index (χ2v) is 21.2. The highest BCUT2D eigenvalue weighted by Crippen LogP contribution is 2.56. The molecule has 1 aliphatic heterocycles. The minimum atomic E-state index is -5.93. The number of aliphatic hydroxyl groups excluding tert-OH is 2. The summed E-state index contributed by atoms with van der Waals surface area (Å²) in [5, 5.41) is 36.6. The lowest BCUT2D eigenvalue weighted by molar-refractivity contribution is -0.347. The fourth-order valence-corrected chi connectivity index (χ4v) is 9.77. The zero-order valence-corrected chi connectivity index (χ0v) is 40.4. The highest BCUT2D eigenvalue weighted by atomic mass is 32.2. The van der Waals surface area contributed by atoms with Gasteiger partial charge in [0.15, 0.2) is 17.7 Å². The molecule has 30 heteroatoms. The van der Waals surface area contributed by atoms with Crippen molar-refractivity contribution in [3.63, 3.8) is 0 Å². The number of phosphoric acid groups is 3. The van der Waals surface area contributed by atoms with E-state index in [-0.39, 0.29) is 48.0 Å². The number of imidazole rings is 1. The molecular formula is C37H57N7O19P3S-5. The number of thioether (sulfide) groups is 1. The molecule has 7 atom stereocenters. The quantitative estimate of drug-likeness (QED) is 0.0329. The SMILES string of the molecule is CC(C)(COP(=O)([O-])OP(=O)([O-])OC[C@H]1O[C@@H](n2cnc3c(N)ncnc32)[C@H](O)[C@@H]1OP(=O)([O-])[O-])[C@@H](O)C(=O)NCCC(=O)NCCSC(=O)/C=C/CCCCCCCCCCCCC(=O)[O-]. The maximum atomic E-state index is 12.6. The number of rotatable bonds is 33. The Labute approximate surface area is 390 Å². The number of ether oxygens (including phenoxy) is 1. The van der Waals surface area contributed by atoms with Gasteiger partial charge in [-0.3, -0.25) is 28.1 Å². The summed E-state index contributed by atoms with van der Waals surface area (Å²) in [5.74, 6) is -2.27. The van der Waals surface area contributed by atoms with Crippen molar-refractivity contribution in [2.75, 3.05) is 37.8 Å². The minimum absolute atomic E-state index is 0.0261. The third kappa shape index (κ3) is 21.5. The molecule has 2 aromatic heterocycles. The van der Waals surface area contributed by atoms with Crippen LogP contribution in [0.25, 0.3) is 11.2 Å². The van der Waals surface area contributed by atoms with E-state index in [4.69, 9.17) is 10.5 Å². The van der Waals surface area contributed by atoms with Gasteiger partial charge < -0.3 is 78.9 Å². The molecule has 1 fully saturated rings. The number of aliphatic hydroxyl groups is 2. The number of aromatic nitrogens is 4. The Morgan fingerprint density at radius 3 is 2.19 bits per heavy atom. The number of carboxylic acid groups (broad SMARTS) is 1. The molecule has 6 N–H and O–H groups in total. The number of unbranched alkanes of at least 4 members (excludes halogenated alkanes) is 10. The van der Waals surface area contributed by atoms with Gasteiger partial charge >= 0.3 is 0 Å². The van der Waals surface area contributed by atoms with Crippen LogP contribution in [0.1, 0.15) is 104 Å². The van der Waals surface area contributed by atoms with E-state index in [1.54, 1.807) is 0 Å². The van der Waals surface area contributed by atoms with Crippen LogP contribution in [-0.2, 0) is 55.5 Å². The standard InChI is InChI=1S/C37H62N7O19P3S/c1-37(2,32(50)35(51)40-18-17-26(45)39-19-20-67-28(48)16-14-12-10-8-6-4-3-5-7-9-11-13-15-27(46)47)22-60-66(57,58)63-65(55,56)59-21-25-31(62-64(52,53)54)30(49)36(61-25)44-24-43-29-33(38)41-23-42-34(29)44/h14,16,23-25,30-32,36,49-50H,3-13,15,17-22H2,1-2H3,(H,39,45)(H,40,51)(H,46,47)(H,55,56)(H,57,58)(H2,38,41,42)(H2,52,53,54)/p-5/b16-14+/t25-,30-,31-,32+,36-/m1/s1. The summed E-state index contributed by atoms with van der Waals surface area (Å²) in [6.45, 7) is 0.0316. The van der Waals surface area contributed by atoms with Gasteiger partial charge in [0.2, 0.25) is 16.9 Å². The molecule has 0 radical (unpaired) electrons. The monoisotopic (exact) mass is 1030 g/mol. The van der Waals surface area contributed by atoms with Gasteiger partial charge in [0, 0.05) is 36.6 Å². The summed E-state index contributed by atoms with van der Waals surface area (Å²) in [4.78, 5) is 107. The van der Waals surface area contributed by atoms with Gasteiger partial charge in [0.1, 0.15) is 36.3 Å². The number of carbonyl (C=O) groups is 4. The summed E-state index contributed by atoms with van der Waals surface area (Å²) < 4.78 is 60.7. The van der Waals surface area contributed by atoms with E-state index in [9.17, 15) is 67.8 Å². The van der Waals surface area contributed by atoms with Gasteiger partial charge in [-0.25, -0.2) is 19.3 Å². The molecule has 0 saturated carbocycles. The van der Waals surface area contributed by atoms with Crippen LogP contribution in [0.3, 0.4) is 0 Å². The maximum absolute atomic E-state index is 12.6. The van der Waals surface area contributed by atoms with Crippen LogP contribution in [0.5, 0.6) is 0 Å². The number of aliphatic carboxylic acids is 1. The predicted molar refractivity (Wildman–Crippen MR) is 228 cm³/mol. The van der Waals surface area contributed by atoms with E-state index < -0.39 is 90.5 Å². The van der Waals surface area contributed by atoms with Crippen LogP contribution in [-0.4, -0.2) is 109 Å². The Hall–Kier alpha value is -3.23. The summed E-state index contributed by atoms with van der Waals surface area (Å²) >= 11 is 1.03. The maximum Gasteiger partial charge on any atom is 0.274 e. The number of fused-ring (bicyclic) bond motifs is 1. The normalized spacial score (nSPS) is 20.1. The summed E-state index contributed by atoms with van der Waals surface area (Å²) in [5.41, 5.74) is 4.05. The molecule has 2 unspecified atom stereocenters. The van der Waals surface area contributed by atoms with E-state index in [1.807, 2.05) is 6.08 Å². The van der Waals surface area contributed by atoms with Crippen molar-refractivity contribution in [2.24, 2.45) is 5.41 Å². The smallest absolute Gasteiger partial charge is 0.274 e. The van der Waals surface area contributed by atoms with E-state index in [1.165, 1.54) is 19.9 Å². The molecule has 3 heterocycles. The van der Waals surface area contributed by atoms with Crippen molar-refractivity contribution in [2.45, 2.75) is 128 Å². The molecule has 3 rings (SSSR count). The van der Waals surface area contributed by atoms with Crippen LogP contribution in [0, 0.1) is 5.41 Å². The summed E-state index contributed by atoms with van der Waals surface area (Å²) in [7, 11) is -17.6. The molecule has 0 spiro atoms. The Morgan fingerprint density at radius 1 is 0.925 bits per heavy atom. The number of anilines is 1. The average molecular weight is 1030 g/mol. The van der Waals surface area contributed by atoms with Crippen LogP contribution in [0.2, 0.25) is 0 Å². The van der Waals surface area contributed by atoms with Crippen molar-refractivity contribution < 1.29 is 90.4 Å². The first kappa shape index (κ1) is 58.1. The lowest BCUT2D eigenvalue weighted by Crippen LogP contribution is -2.46. The van der Waals surface area contributed by atoms with Crippen molar-refractivity contribution in [1.82, 2.24) is 30.2 Å². The number of amides is 2. The molecule has 2 amide bonds. The van der Waals surface area contributed by atoms with Crippen molar-refractivity contribution in [3.05, 3.63) is 24.8 Å². The molecule has 2 aromatic rings. The van der Waals surface area contributed by atoms with E-state index in [0.29, 0.717) is 12.2 Å². The van der Waals surface area contributed by atoms with Gasteiger partial charge in [0.05, 0.1) is 27.4 Å². The molecule has 0 aromatic carbocycles. The van der Waals surface area contributed by atoms with E-state index >= 15 is 0 Å². The van der Waals surface area contributed by atoms with Gasteiger partial charge in [-0.05, 0) is 31.8 Å². The van der Waals surface area contributed by atoms with Gasteiger partial charge in [-0.15, -0.1) is 0 Å². The van der Waals surface area contributed by atoms with Crippen molar-refractivity contribution in [3.8, 4) is 0 Å². The first-order chi connectivity index (χ1) is 31.4. The zero-order chi connectivity index (χ0) is 49.8. The molecular weight excluding hydrogens is 971 g/mol. The van der Waals surface area contributed by atoms with Crippen LogP contribution < -0.4 is 41.0 Å². The molecule has 0 aliphatic carbocycles. The van der Waals surface area contributed by atoms with Crippen molar-refractivity contribution in [1.29, 1.82) is 0 Å². The van der Waals surface area contributed by atoms with Crippen LogP contribution in [0.4, 0.5) is 5.82 Å². The largest absolute Gasteiger partial charge is 0.790 e. The molecule has 26 nitrogen and oxygen atoms in total. The van der Waals surface area contributed by atoms with Crippen LogP contribution >= 0.6 is 35.2 Å². The highest BCUT2D eigenvalue weighted by Gasteiger charge is 2.47. The lowest BCUT2D eigenvalue weighted by atomic mass is 9.87. The number of hydrogen-bond donors (Lipinski definition) is 5. The third-order valence-corrected chi connectivity index (χ3v) is 13.8. The second-order valence-electron chi connectivity index (χ2n) is 16.0. The summed E-state index contributed by atoms with van der Waals surface area (Å²) in [6.07, 6.45) is 6.83. The molecule has 1 aliphatic rings. The zero-order valence-electron chi connectivity index (χ0n) is 36.9. The number of nitrogens with one attached hydrogen (secondary N) is 2. The van der Waals surface area contributed by atoms with Gasteiger partial charge in [0.25, 0.3) is 15.6 Å². The number of hydrogen-bond acceptors (Lipinski definition) is 24. The third-order valence-electron chi connectivity index (χ3n) is 9.98. The number of nitrogen functional groups attached to an aromatic ring is 1. The molecule has 1 saturated heterocycles. The number of phosphoric ester groups is 3. The van der Waals surface area contributed by atoms with E-state index in [0.717, 1.165) is 93.2 Å². The minimum Gasteiger partial charge on any atom is -0.790 e. The first-order valence-electron chi connectivity index (χ1n) is 21.3. The first-order valence-corrected chi connectivity index (χ1v) is 26.6. The van der Waals surface area contributed by atoms with Crippen LogP contribution in [0.15, 0.2) is 24.8 Å². The van der Waals surface area contributed by atoms with Gasteiger partial charge in [-0.2, -0.15) is 0 Å². The second kappa shape index (κ2) is 27.8. The number of carbonyl (C=O) groups excluding carboxylic acids is 4. The Morgan fingerprint density at radius 2 is 1.55 bits per heavy atom. The summed E-state index contributed by atoms with van der Waals surface area (Å²) in [6, 6.07) is 0. The number of nitrogens with zero attached hydrogens (tertiary/aromatic N) is 4. The fourth-order valence-electron chi connectivity index (χ4n) is 6.43. The number of allylic oxidation sites excluding steroid dienone is 1. The van der Waals surface area contributed by atoms with E-state index in [2.05, 4.69) is 43.5 Å². The fraction of sp³-hybridized carbons (Fsp3) is 0.703. The predicted octanol–water partition coefficient (Wildman–Crippen LogP) is -0.876. The Bertz CT molecular complexity index is 2110. The molecule has 67 heavy (non-hydrogen) atoms.